The van der Waals surface area contributed by atoms with E-state index in [1.165, 1.54) is 11.1 Å². The summed E-state index contributed by atoms with van der Waals surface area (Å²) in [6.45, 7) is 4.65. The van der Waals surface area contributed by atoms with Crippen molar-refractivity contribution in [1.82, 2.24) is 15.5 Å². The molecule has 0 spiro atoms. The van der Waals surface area contributed by atoms with Gasteiger partial charge in [-0.15, -0.1) is 0 Å². The highest BCUT2D eigenvalue weighted by molar-refractivity contribution is 5.85. The molecule has 2 aromatic rings. The summed E-state index contributed by atoms with van der Waals surface area (Å²) in [5.74, 6) is 2.74. The number of methoxy groups -OCH3 is 2. The summed E-state index contributed by atoms with van der Waals surface area (Å²) in [7, 11) is 3.28. The van der Waals surface area contributed by atoms with Crippen LogP contribution in [0.15, 0.2) is 39.9 Å². The molecule has 0 bridgehead atoms. The lowest BCUT2D eigenvalue weighted by Crippen LogP contribution is -2.44. The van der Waals surface area contributed by atoms with Crippen molar-refractivity contribution in [2.75, 3.05) is 33.9 Å². The molecule has 0 atom stereocenters. The normalized spacial score (nSPS) is 13.6. The van der Waals surface area contributed by atoms with E-state index < -0.39 is 0 Å². The van der Waals surface area contributed by atoms with Crippen LogP contribution in [0.2, 0.25) is 0 Å². The number of hydrogen-bond acceptors (Lipinski definition) is 5. The Morgan fingerprint density at radius 1 is 1.21 bits per heavy atom. The maximum atomic E-state index is 12.1. The maximum Gasteiger partial charge on any atom is 0.242 e. The second-order valence-electron chi connectivity index (χ2n) is 6.67. The average Bonchev–Trinajstić information content (AvgIpc) is 3.27. The van der Waals surface area contributed by atoms with Crippen LogP contribution in [0.25, 0.3) is 0 Å². The summed E-state index contributed by atoms with van der Waals surface area (Å²) in [4.78, 5) is 18.8. The van der Waals surface area contributed by atoms with Crippen molar-refractivity contribution in [3.63, 3.8) is 0 Å². The fraction of sp³-hybridized carbons (Fsp3) is 0.429. The topological polar surface area (TPSA) is 88.3 Å². The molecule has 0 aliphatic carbocycles. The first-order chi connectivity index (χ1) is 14.1. The lowest BCUT2D eigenvalue weighted by Gasteiger charge is -2.32. The van der Waals surface area contributed by atoms with E-state index in [4.69, 9.17) is 13.9 Å². The monoisotopic (exact) mass is 400 g/mol. The molecule has 8 nitrogen and oxygen atoms in total. The van der Waals surface area contributed by atoms with Crippen LogP contribution in [0.4, 0.5) is 0 Å². The zero-order valence-electron chi connectivity index (χ0n) is 17.2. The number of amides is 1. The minimum Gasteiger partial charge on any atom is -0.493 e. The number of hydrogen-bond donors (Lipinski definition) is 2. The molecule has 0 saturated heterocycles. The van der Waals surface area contributed by atoms with Gasteiger partial charge in [0, 0.05) is 19.6 Å². The Labute approximate surface area is 170 Å². The molecular weight excluding hydrogens is 372 g/mol. The molecule has 1 aromatic heterocycles. The van der Waals surface area contributed by atoms with Gasteiger partial charge in [0.2, 0.25) is 5.91 Å². The predicted molar refractivity (Wildman–Crippen MR) is 110 cm³/mol. The highest BCUT2D eigenvalue weighted by atomic mass is 16.5. The first-order valence-corrected chi connectivity index (χ1v) is 9.70. The van der Waals surface area contributed by atoms with Crippen LogP contribution >= 0.6 is 0 Å². The van der Waals surface area contributed by atoms with Crippen LogP contribution in [-0.4, -0.2) is 50.6 Å². The number of ether oxygens (including phenoxy) is 2. The molecule has 8 heteroatoms. The molecule has 2 N–H and O–H groups in total. The first kappa shape index (κ1) is 20.6. The van der Waals surface area contributed by atoms with E-state index in [1.54, 1.807) is 26.5 Å². The van der Waals surface area contributed by atoms with Gasteiger partial charge in [-0.2, -0.15) is 0 Å². The summed E-state index contributed by atoms with van der Waals surface area (Å²) >= 11 is 0. The van der Waals surface area contributed by atoms with Gasteiger partial charge in [-0.05, 0) is 48.7 Å². The Balaban J connectivity index is 1.66. The van der Waals surface area contributed by atoms with Gasteiger partial charge in [-0.3, -0.25) is 4.79 Å². The third-order valence-electron chi connectivity index (χ3n) is 4.76. The maximum absolute atomic E-state index is 12.1. The summed E-state index contributed by atoms with van der Waals surface area (Å²) in [6, 6.07) is 7.67. The van der Waals surface area contributed by atoms with Gasteiger partial charge in [-0.25, -0.2) is 4.99 Å². The third-order valence-corrected chi connectivity index (χ3v) is 4.76. The number of aliphatic imine (C=N–C) groups is 1. The smallest absolute Gasteiger partial charge is 0.242 e. The minimum absolute atomic E-state index is 0.0539. The van der Waals surface area contributed by atoms with Crippen molar-refractivity contribution in [2.45, 2.75) is 26.4 Å². The summed E-state index contributed by atoms with van der Waals surface area (Å²) in [6.07, 6.45) is 2.45. The van der Waals surface area contributed by atoms with Gasteiger partial charge < -0.3 is 29.4 Å². The molecule has 156 valence electrons. The number of carbonyl (C=O) groups excluding carboxylic acids is 1. The second-order valence-corrected chi connectivity index (χ2v) is 6.67. The zero-order valence-corrected chi connectivity index (χ0v) is 17.2. The van der Waals surface area contributed by atoms with E-state index >= 15 is 0 Å². The molecule has 3 rings (SSSR count). The number of nitrogens with zero attached hydrogens (tertiary/aromatic N) is 2. The van der Waals surface area contributed by atoms with Gasteiger partial charge in [0.25, 0.3) is 0 Å². The van der Waals surface area contributed by atoms with Crippen LogP contribution in [-0.2, 0) is 24.3 Å². The van der Waals surface area contributed by atoms with E-state index in [2.05, 4.69) is 20.5 Å². The van der Waals surface area contributed by atoms with Crippen LogP contribution in [0.1, 0.15) is 23.8 Å². The van der Waals surface area contributed by atoms with Gasteiger partial charge in [0.15, 0.2) is 17.5 Å². The van der Waals surface area contributed by atoms with Crippen molar-refractivity contribution in [2.24, 2.45) is 4.99 Å². The Bertz CT molecular complexity index is 849. The van der Waals surface area contributed by atoms with Gasteiger partial charge in [0.05, 0.1) is 27.0 Å². The molecule has 0 fully saturated rings. The Kier molecular flexibility index (Phi) is 6.99. The zero-order chi connectivity index (χ0) is 20.6. The highest BCUT2D eigenvalue weighted by Gasteiger charge is 2.21. The van der Waals surface area contributed by atoms with Crippen molar-refractivity contribution < 1.29 is 18.7 Å². The molecular formula is C21H28N4O4. The van der Waals surface area contributed by atoms with Gasteiger partial charge in [0.1, 0.15) is 12.3 Å². The summed E-state index contributed by atoms with van der Waals surface area (Å²) in [5.41, 5.74) is 2.41. The first-order valence-electron chi connectivity index (χ1n) is 9.70. The molecule has 1 aliphatic heterocycles. The summed E-state index contributed by atoms with van der Waals surface area (Å²) < 4.78 is 16.1. The SMILES string of the molecule is CCNC(=NCC(=O)NCc1ccco1)N1CCc2cc(OC)c(OC)cc2C1. The number of guanidine groups is 1. The molecule has 1 aromatic carbocycles. The van der Waals surface area contributed by atoms with Crippen molar-refractivity contribution in [3.05, 3.63) is 47.4 Å². The average molecular weight is 400 g/mol. The number of fused-ring (bicyclic) bond motifs is 1. The molecule has 2 heterocycles. The molecule has 1 aliphatic rings. The fourth-order valence-electron chi connectivity index (χ4n) is 3.29. The van der Waals surface area contributed by atoms with E-state index in [1.807, 2.05) is 25.1 Å². The Morgan fingerprint density at radius 3 is 2.62 bits per heavy atom. The standard InChI is InChI=1S/C21H28N4O4/c1-4-22-21(24-13-20(26)23-12-17-6-5-9-29-17)25-8-7-15-10-18(27-2)19(28-3)11-16(15)14-25/h5-6,9-11H,4,7-8,12-14H2,1-3H3,(H,22,24)(H,23,26). The fourth-order valence-corrected chi connectivity index (χ4v) is 3.29. The van der Waals surface area contributed by atoms with Crippen LogP contribution in [0.5, 0.6) is 11.5 Å². The second kappa shape index (κ2) is 9.86. The Morgan fingerprint density at radius 2 is 1.97 bits per heavy atom. The Hall–Kier alpha value is -3.16. The number of nitrogens with one attached hydrogen (secondary N) is 2. The number of benzene rings is 1. The van der Waals surface area contributed by atoms with Gasteiger partial charge >= 0.3 is 0 Å². The third kappa shape index (κ3) is 5.22. The number of rotatable bonds is 7. The van der Waals surface area contributed by atoms with Crippen molar-refractivity contribution in [1.29, 1.82) is 0 Å². The van der Waals surface area contributed by atoms with E-state index in [0.29, 0.717) is 24.6 Å². The summed E-state index contributed by atoms with van der Waals surface area (Å²) in [5, 5.41) is 6.09. The van der Waals surface area contributed by atoms with E-state index in [-0.39, 0.29) is 12.5 Å². The lowest BCUT2D eigenvalue weighted by molar-refractivity contribution is -0.119. The van der Waals surface area contributed by atoms with Crippen LogP contribution in [0, 0.1) is 0 Å². The van der Waals surface area contributed by atoms with Crippen LogP contribution < -0.4 is 20.1 Å². The molecule has 29 heavy (non-hydrogen) atoms. The highest BCUT2D eigenvalue weighted by Crippen LogP contribution is 2.33. The van der Waals surface area contributed by atoms with Crippen molar-refractivity contribution in [3.8, 4) is 11.5 Å². The number of furan rings is 1. The molecule has 0 unspecified atom stereocenters. The molecule has 1 amide bonds. The van der Waals surface area contributed by atoms with Crippen LogP contribution in [0.3, 0.4) is 0 Å². The molecule has 0 radical (unpaired) electrons. The predicted octanol–water partition coefficient (Wildman–Crippen LogP) is 1.94. The van der Waals surface area contributed by atoms with Gasteiger partial charge in [-0.1, -0.05) is 0 Å². The lowest BCUT2D eigenvalue weighted by atomic mass is 9.99. The quantitative estimate of drug-likeness (QED) is 0.546. The van der Waals surface area contributed by atoms with E-state index in [9.17, 15) is 4.79 Å². The number of carbonyl (C=O) groups is 1. The molecule has 0 saturated carbocycles. The van der Waals surface area contributed by atoms with Crippen molar-refractivity contribution >= 4 is 11.9 Å². The minimum atomic E-state index is -0.152. The van der Waals surface area contributed by atoms with E-state index in [0.717, 1.165) is 31.2 Å². The largest absolute Gasteiger partial charge is 0.493 e.